The van der Waals surface area contributed by atoms with Crippen LogP contribution in [-0.2, 0) is 4.74 Å². The SMILES string of the molecule is COc1cc(-c2cn3cc(C4CCN(C(=O)OC(C)(C)C)CC4)nc3s2)cn2cc(C)nc12. The number of carbonyl (C=O) groups excluding carboxylic acids is 1. The summed E-state index contributed by atoms with van der Waals surface area (Å²) in [5.74, 6) is 1.11. The topological polar surface area (TPSA) is 73.4 Å². The molecule has 5 heterocycles. The van der Waals surface area contributed by atoms with Crippen LogP contribution in [0.3, 0.4) is 0 Å². The van der Waals surface area contributed by atoms with E-state index in [1.807, 2.05) is 44.4 Å². The molecule has 9 heteroatoms. The predicted octanol–water partition coefficient (Wildman–Crippen LogP) is 5.14. The summed E-state index contributed by atoms with van der Waals surface area (Å²) in [4.78, 5) is 25.7. The van der Waals surface area contributed by atoms with E-state index in [0.29, 0.717) is 19.0 Å². The van der Waals surface area contributed by atoms with Crippen LogP contribution in [0.1, 0.15) is 50.9 Å². The van der Waals surface area contributed by atoms with Crippen molar-refractivity contribution in [3.05, 3.63) is 42.2 Å². The van der Waals surface area contributed by atoms with E-state index in [0.717, 1.165) is 51.0 Å². The molecule has 174 valence electrons. The van der Waals surface area contributed by atoms with Gasteiger partial charge in [0, 0.05) is 49.4 Å². The first-order valence-electron chi connectivity index (χ1n) is 11.2. The lowest BCUT2D eigenvalue weighted by Crippen LogP contribution is -2.41. The summed E-state index contributed by atoms with van der Waals surface area (Å²) in [6.45, 7) is 9.06. The average Bonchev–Trinajstić information content (AvgIpc) is 3.43. The Balaban J connectivity index is 1.33. The van der Waals surface area contributed by atoms with Gasteiger partial charge >= 0.3 is 6.09 Å². The highest BCUT2D eigenvalue weighted by Gasteiger charge is 2.28. The molecule has 0 saturated carbocycles. The molecule has 4 aromatic rings. The van der Waals surface area contributed by atoms with Crippen LogP contribution >= 0.6 is 11.3 Å². The molecule has 0 atom stereocenters. The Labute approximate surface area is 196 Å². The van der Waals surface area contributed by atoms with Crippen molar-refractivity contribution in [2.24, 2.45) is 0 Å². The highest BCUT2D eigenvalue weighted by atomic mass is 32.1. The summed E-state index contributed by atoms with van der Waals surface area (Å²) in [5, 5.41) is 0. The first kappa shape index (κ1) is 21.8. The van der Waals surface area contributed by atoms with Gasteiger partial charge in [-0.1, -0.05) is 11.3 Å². The van der Waals surface area contributed by atoms with Crippen molar-refractivity contribution in [1.29, 1.82) is 0 Å². The molecule has 1 aliphatic heterocycles. The van der Waals surface area contributed by atoms with Crippen LogP contribution in [0.4, 0.5) is 4.79 Å². The molecule has 0 N–H and O–H groups in total. The molecule has 1 amide bonds. The fourth-order valence-electron chi connectivity index (χ4n) is 4.30. The van der Waals surface area contributed by atoms with Gasteiger partial charge in [0.2, 0.25) is 0 Å². The number of fused-ring (bicyclic) bond motifs is 2. The number of thiazole rings is 1. The maximum atomic E-state index is 12.3. The lowest BCUT2D eigenvalue weighted by Gasteiger charge is -2.32. The zero-order valence-corrected chi connectivity index (χ0v) is 20.5. The van der Waals surface area contributed by atoms with E-state index >= 15 is 0 Å². The summed E-state index contributed by atoms with van der Waals surface area (Å²) in [6.07, 6.45) is 9.89. The predicted molar refractivity (Wildman–Crippen MR) is 128 cm³/mol. The smallest absolute Gasteiger partial charge is 0.410 e. The zero-order chi connectivity index (χ0) is 23.3. The van der Waals surface area contributed by atoms with E-state index < -0.39 is 5.60 Å². The normalized spacial score (nSPS) is 15.5. The lowest BCUT2D eigenvalue weighted by molar-refractivity contribution is 0.0204. The van der Waals surface area contributed by atoms with Crippen LogP contribution in [0.25, 0.3) is 21.0 Å². The summed E-state index contributed by atoms with van der Waals surface area (Å²) < 4.78 is 15.2. The summed E-state index contributed by atoms with van der Waals surface area (Å²) in [7, 11) is 1.67. The number of carbonyl (C=O) groups is 1. The highest BCUT2D eigenvalue weighted by Crippen LogP contribution is 2.35. The van der Waals surface area contributed by atoms with Gasteiger partial charge in [-0.3, -0.25) is 4.40 Å². The van der Waals surface area contributed by atoms with Crippen molar-refractivity contribution in [2.45, 2.75) is 52.1 Å². The Morgan fingerprint density at radius 2 is 1.85 bits per heavy atom. The number of rotatable bonds is 3. The number of piperidine rings is 1. The molecule has 0 aliphatic carbocycles. The standard InChI is InChI=1S/C24H29N5O3S/c1-15-11-28-12-17(10-19(31-5)21(28)25-15)20-14-29-13-18(26-22(29)33-20)16-6-8-27(9-7-16)23(30)32-24(2,3)4/h10-14,16H,6-9H2,1-5H3. The number of amides is 1. The Hall–Kier alpha value is -3.07. The van der Waals surface area contributed by atoms with E-state index in [2.05, 4.69) is 28.0 Å². The van der Waals surface area contributed by atoms with Gasteiger partial charge < -0.3 is 18.8 Å². The molecule has 0 bridgehead atoms. The third-order valence-electron chi connectivity index (χ3n) is 5.88. The van der Waals surface area contributed by atoms with Crippen LogP contribution < -0.4 is 4.74 Å². The number of likely N-dealkylation sites (tertiary alicyclic amines) is 1. The van der Waals surface area contributed by atoms with Crippen molar-refractivity contribution < 1.29 is 14.3 Å². The van der Waals surface area contributed by atoms with Crippen molar-refractivity contribution in [2.75, 3.05) is 20.2 Å². The van der Waals surface area contributed by atoms with E-state index in [4.69, 9.17) is 14.5 Å². The highest BCUT2D eigenvalue weighted by molar-refractivity contribution is 7.20. The van der Waals surface area contributed by atoms with Crippen molar-refractivity contribution in [1.82, 2.24) is 23.7 Å². The van der Waals surface area contributed by atoms with Crippen molar-refractivity contribution in [3.8, 4) is 16.2 Å². The second-order valence-corrected chi connectivity index (χ2v) is 10.6. The van der Waals surface area contributed by atoms with E-state index in [1.54, 1.807) is 23.3 Å². The van der Waals surface area contributed by atoms with Crippen LogP contribution in [0.5, 0.6) is 5.75 Å². The first-order chi connectivity index (χ1) is 15.7. The number of aryl methyl sites for hydroxylation is 1. The summed E-state index contributed by atoms with van der Waals surface area (Å²) in [5.41, 5.74) is 3.47. The maximum Gasteiger partial charge on any atom is 0.410 e. The Bertz CT molecular complexity index is 1290. The minimum atomic E-state index is -0.467. The van der Waals surface area contributed by atoms with Gasteiger partial charge in [0.1, 0.15) is 5.60 Å². The van der Waals surface area contributed by atoms with Crippen molar-refractivity contribution in [3.63, 3.8) is 0 Å². The maximum absolute atomic E-state index is 12.3. The van der Waals surface area contributed by atoms with Gasteiger partial charge in [-0.15, -0.1) is 0 Å². The molecule has 1 fully saturated rings. The van der Waals surface area contributed by atoms with Crippen LogP contribution in [0.2, 0.25) is 0 Å². The van der Waals surface area contributed by atoms with E-state index in [-0.39, 0.29) is 6.09 Å². The van der Waals surface area contributed by atoms with E-state index in [9.17, 15) is 4.79 Å². The Morgan fingerprint density at radius 3 is 2.52 bits per heavy atom. The lowest BCUT2D eigenvalue weighted by atomic mass is 9.94. The van der Waals surface area contributed by atoms with E-state index in [1.165, 1.54) is 0 Å². The average molecular weight is 468 g/mol. The molecule has 1 saturated heterocycles. The monoisotopic (exact) mass is 467 g/mol. The molecule has 0 radical (unpaired) electrons. The molecule has 4 aromatic heterocycles. The van der Waals surface area contributed by atoms with Gasteiger partial charge in [0.05, 0.1) is 23.4 Å². The number of pyridine rings is 1. The second-order valence-electron chi connectivity index (χ2n) is 9.60. The van der Waals surface area contributed by atoms with Crippen LogP contribution in [-0.4, -0.2) is 55.6 Å². The molecular formula is C24H29N5O3S. The van der Waals surface area contributed by atoms with Crippen molar-refractivity contribution >= 4 is 28.0 Å². The molecular weight excluding hydrogens is 438 g/mol. The van der Waals surface area contributed by atoms with Crippen LogP contribution in [0, 0.1) is 6.92 Å². The first-order valence-corrected chi connectivity index (χ1v) is 12.0. The zero-order valence-electron chi connectivity index (χ0n) is 19.7. The fourth-order valence-corrected chi connectivity index (χ4v) is 5.26. The van der Waals surface area contributed by atoms with Gasteiger partial charge in [-0.05, 0) is 46.6 Å². The van der Waals surface area contributed by atoms with Gasteiger partial charge in [-0.2, -0.15) is 0 Å². The van der Waals surface area contributed by atoms with Gasteiger partial charge in [0.25, 0.3) is 0 Å². The molecule has 1 aliphatic rings. The Morgan fingerprint density at radius 1 is 1.09 bits per heavy atom. The molecule has 5 rings (SSSR count). The number of aromatic nitrogens is 4. The second kappa shape index (κ2) is 8.06. The number of hydrogen-bond donors (Lipinski definition) is 0. The number of imidazole rings is 2. The quantitative estimate of drug-likeness (QED) is 0.417. The number of methoxy groups -OCH3 is 1. The minimum absolute atomic E-state index is 0.225. The third kappa shape index (κ3) is 4.29. The van der Waals surface area contributed by atoms with Gasteiger partial charge in [0.15, 0.2) is 16.4 Å². The molecule has 0 unspecified atom stereocenters. The molecule has 0 spiro atoms. The number of hydrogen-bond acceptors (Lipinski definition) is 6. The van der Waals surface area contributed by atoms with Crippen LogP contribution in [0.15, 0.2) is 30.9 Å². The summed E-state index contributed by atoms with van der Waals surface area (Å²) >= 11 is 1.66. The van der Waals surface area contributed by atoms with Gasteiger partial charge in [-0.25, -0.2) is 14.8 Å². The molecule has 33 heavy (non-hydrogen) atoms. The minimum Gasteiger partial charge on any atom is -0.493 e. The number of nitrogens with zero attached hydrogens (tertiary/aromatic N) is 5. The summed E-state index contributed by atoms with van der Waals surface area (Å²) in [6, 6.07) is 2.03. The number of ether oxygens (including phenoxy) is 2. The Kier molecular flexibility index (Phi) is 5.31. The largest absolute Gasteiger partial charge is 0.493 e. The third-order valence-corrected chi connectivity index (χ3v) is 6.93. The fraction of sp³-hybridized carbons (Fsp3) is 0.458. The molecule has 0 aromatic carbocycles. The molecule has 8 nitrogen and oxygen atoms in total.